The van der Waals surface area contributed by atoms with Crippen molar-refractivity contribution in [2.24, 2.45) is 0 Å². The maximum absolute atomic E-state index is 11.2. The molecule has 1 aromatic carbocycles. The zero-order valence-electron chi connectivity index (χ0n) is 8.80. The Hall–Kier alpha value is -0.670. The smallest absolute Gasteiger partial charge is 0.356 e. The molecule has 0 heterocycles. The predicted molar refractivity (Wildman–Crippen MR) is 58.2 cm³/mol. The Morgan fingerprint density at radius 3 is 2.60 bits per heavy atom. The van der Waals surface area contributed by atoms with Crippen molar-refractivity contribution in [2.45, 2.75) is 20.5 Å². The molecule has 4 nitrogen and oxygen atoms in total. The van der Waals surface area contributed by atoms with Gasteiger partial charge in [-0.1, -0.05) is 12.1 Å². The lowest BCUT2D eigenvalue weighted by Gasteiger charge is -2.13. The molecule has 0 amide bonds. The van der Waals surface area contributed by atoms with Gasteiger partial charge in [-0.3, -0.25) is 4.57 Å². The van der Waals surface area contributed by atoms with Crippen LogP contribution in [-0.4, -0.2) is 16.4 Å². The molecule has 0 aliphatic heterocycles. The molecule has 0 spiro atoms. The van der Waals surface area contributed by atoms with Crippen molar-refractivity contribution < 1.29 is 19.1 Å². The highest BCUT2D eigenvalue weighted by Crippen LogP contribution is 2.35. The second-order valence-corrected chi connectivity index (χ2v) is 4.82. The lowest BCUT2D eigenvalue weighted by molar-refractivity contribution is 0.134. The van der Waals surface area contributed by atoms with Gasteiger partial charge >= 0.3 is 7.60 Å². The summed E-state index contributed by atoms with van der Waals surface area (Å²) in [5.74, 6) is 0. The van der Waals surface area contributed by atoms with Gasteiger partial charge in [0, 0.05) is 6.61 Å². The minimum Gasteiger partial charge on any atom is -0.377 e. The van der Waals surface area contributed by atoms with Crippen LogP contribution in [0.4, 0.5) is 0 Å². The summed E-state index contributed by atoms with van der Waals surface area (Å²) >= 11 is 0. The van der Waals surface area contributed by atoms with Gasteiger partial charge in [-0.25, -0.2) is 0 Å². The Bertz CT molecular complexity index is 383. The molecule has 0 aliphatic carbocycles. The molecule has 0 aliphatic rings. The van der Waals surface area contributed by atoms with E-state index in [1.807, 2.05) is 19.9 Å². The standard InChI is InChI=1S/C10H15O4P/c1-3-14-7-9-8(2)5-4-6-10(9)15(11,12)13/h4-6H,3,7H2,1-2H3,(H2,11,12,13). The van der Waals surface area contributed by atoms with Gasteiger partial charge in [-0.05, 0) is 31.0 Å². The third-order valence-corrected chi connectivity index (χ3v) is 3.20. The molecule has 15 heavy (non-hydrogen) atoms. The average molecular weight is 230 g/mol. The maximum Gasteiger partial charge on any atom is 0.356 e. The van der Waals surface area contributed by atoms with Crippen LogP contribution in [0.25, 0.3) is 0 Å². The molecule has 84 valence electrons. The zero-order valence-corrected chi connectivity index (χ0v) is 9.70. The highest BCUT2D eigenvalue weighted by atomic mass is 31.2. The first-order valence-corrected chi connectivity index (χ1v) is 6.30. The Morgan fingerprint density at radius 1 is 1.40 bits per heavy atom. The maximum atomic E-state index is 11.2. The van der Waals surface area contributed by atoms with Crippen LogP contribution in [-0.2, 0) is 15.9 Å². The summed E-state index contributed by atoms with van der Waals surface area (Å²) in [6.45, 7) is 4.42. The molecule has 0 atom stereocenters. The van der Waals surface area contributed by atoms with E-state index < -0.39 is 7.60 Å². The molecule has 0 fully saturated rings. The molecule has 0 radical (unpaired) electrons. The molecule has 0 aromatic heterocycles. The first-order chi connectivity index (χ1) is 6.96. The van der Waals surface area contributed by atoms with Crippen molar-refractivity contribution in [3.05, 3.63) is 29.3 Å². The molecule has 2 N–H and O–H groups in total. The lowest BCUT2D eigenvalue weighted by atomic mass is 10.1. The van der Waals surface area contributed by atoms with Crippen LogP contribution in [0, 0.1) is 6.92 Å². The third-order valence-electron chi connectivity index (χ3n) is 2.15. The quantitative estimate of drug-likeness (QED) is 0.766. The topological polar surface area (TPSA) is 66.8 Å². The van der Waals surface area contributed by atoms with Crippen molar-refractivity contribution in [1.29, 1.82) is 0 Å². The van der Waals surface area contributed by atoms with Crippen LogP contribution < -0.4 is 5.30 Å². The van der Waals surface area contributed by atoms with Crippen molar-refractivity contribution in [3.8, 4) is 0 Å². The number of hydrogen-bond donors (Lipinski definition) is 2. The van der Waals surface area contributed by atoms with E-state index in [1.165, 1.54) is 6.07 Å². The van der Waals surface area contributed by atoms with Gasteiger partial charge in [-0.2, -0.15) is 0 Å². The molecule has 0 unspecified atom stereocenters. The lowest BCUT2D eigenvalue weighted by Crippen LogP contribution is -2.14. The van der Waals surface area contributed by atoms with Gasteiger partial charge in [0.15, 0.2) is 0 Å². The van der Waals surface area contributed by atoms with Crippen molar-refractivity contribution in [2.75, 3.05) is 6.61 Å². The first-order valence-electron chi connectivity index (χ1n) is 4.69. The fourth-order valence-corrected chi connectivity index (χ4v) is 2.22. The van der Waals surface area contributed by atoms with Gasteiger partial charge in [0.1, 0.15) is 0 Å². The summed E-state index contributed by atoms with van der Waals surface area (Å²) in [5, 5.41) is 0.0657. The molecule has 1 rings (SSSR count). The molecule has 0 saturated carbocycles. The van der Waals surface area contributed by atoms with Crippen LogP contribution in [0.1, 0.15) is 18.1 Å². The average Bonchev–Trinajstić information content (AvgIpc) is 2.14. The van der Waals surface area contributed by atoms with Gasteiger partial charge in [-0.15, -0.1) is 0 Å². The summed E-state index contributed by atoms with van der Waals surface area (Å²) in [6, 6.07) is 4.90. The Kier molecular flexibility index (Phi) is 4.05. The first kappa shape index (κ1) is 12.4. The number of hydrogen-bond acceptors (Lipinski definition) is 2. The number of benzene rings is 1. The fourth-order valence-electron chi connectivity index (χ4n) is 1.35. The number of aryl methyl sites for hydroxylation is 1. The highest BCUT2D eigenvalue weighted by Gasteiger charge is 2.22. The van der Waals surface area contributed by atoms with Crippen molar-refractivity contribution >= 4 is 12.9 Å². The van der Waals surface area contributed by atoms with Gasteiger partial charge in [0.05, 0.1) is 11.9 Å². The Morgan fingerprint density at radius 2 is 2.07 bits per heavy atom. The van der Waals surface area contributed by atoms with Crippen molar-refractivity contribution in [3.63, 3.8) is 0 Å². The largest absolute Gasteiger partial charge is 0.377 e. The Balaban J connectivity index is 3.15. The van der Waals surface area contributed by atoms with Crippen LogP contribution in [0.5, 0.6) is 0 Å². The summed E-state index contributed by atoms with van der Waals surface area (Å²) < 4.78 is 16.4. The van der Waals surface area contributed by atoms with Gasteiger partial charge in [0.25, 0.3) is 0 Å². The predicted octanol–water partition coefficient (Wildman–Crippen LogP) is 1.33. The highest BCUT2D eigenvalue weighted by molar-refractivity contribution is 7.60. The van der Waals surface area contributed by atoms with E-state index in [-0.39, 0.29) is 11.9 Å². The van der Waals surface area contributed by atoms with Crippen LogP contribution in [0.15, 0.2) is 18.2 Å². The Labute approximate surface area is 89.1 Å². The van der Waals surface area contributed by atoms with Gasteiger partial charge < -0.3 is 14.5 Å². The summed E-state index contributed by atoms with van der Waals surface area (Å²) in [5.41, 5.74) is 1.43. The molecule has 0 bridgehead atoms. The summed E-state index contributed by atoms with van der Waals surface area (Å²) in [7, 11) is -4.20. The van der Waals surface area contributed by atoms with Gasteiger partial charge in [0.2, 0.25) is 0 Å². The number of rotatable bonds is 4. The van der Waals surface area contributed by atoms with E-state index in [4.69, 9.17) is 14.5 Å². The van der Waals surface area contributed by atoms with Crippen molar-refractivity contribution in [1.82, 2.24) is 0 Å². The van der Waals surface area contributed by atoms with E-state index in [0.717, 1.165) is 5.56 Å². The van der Waals surface area contributed by atoms with Crippen LogP contribution in [0.2, 0.25) is 0 Å². The zero-order chi connectivity index (χ0) is 11.5. The molecule has 1 aromatic rings. The third kappa shape index (κ3) is 3.14. The minimum absolute atomic E-state index is 0.0657. The number of ether oxygens (including phenoxy) is 1. The van der Waals surface area contributed by atoms with Crippen LogP contribution in [0.3, 0.4) is 0 Å². The summed E-state index contributed by atoms with van der Waals surface area (Å²) in [6.07, 6.45) is 0. The van der Waals surface area contributed by atoms with E-state index >= 15 is 0 Å². The van der Waals surface area contributed by atoms with E-state index in [9.17, 15) is 4.57 Å². The monoisotopic (exact) mass is 230 g/mol. The molecule has 5 heteroatoms. The molecule has 0 saturated heterocycles. The van der Waals surface area contributed by atoms with Crippen LogP contribution >= 0.6 is 7.60 Å². The van der Waals surface area contributed by atoms with E-state index in [1.54, 1.807) is 6.07 Å². The fraction of sp³-hybridized carbons (Fsp3) is 0.400. The second-order valence-electron chi connectivity index (χ2n) is 3.25. The molecular formula is C10H15O4P. The second kappa shape index (κ2) is 4.90. The van der Waals surface area contributed by atoms with E-state index in [2.05, 4.69) is 0 Å². The SMILES string of the molecule is CCOCc1c(C)cccc1P(=O)(O)O. The normalized spacial score (nSPS) is 11.7. The molecular weight excluding hydrogens is 215 g/mol. The summed E-state index contributed by atoms with van der Waals surface area (Å²) in [4.78, 5) is 18.3. The van der Waals surface area contributed by atoms with E-state index in [0.29, 0.717) is 12.2 Å². The minimum atomic E-state index is -4.20.